The molecule has 3 nitrogen and oxygen atoms in total. The zero-order valence-corrected chi connectivity index (χ0v) is 12.0. The molecule has 1 saturated heterocycles. The molecule has 100 valence electrons. The molecule has 0 spiro atoms. The van der Waals surface area contributed by atoms with Crippen molar-refractivity contribution in [2.45, 2.75) is 19.5 Å². The molecule has 1 aliphatic rings. The van der Waals surface area contributed by atoms with E-state index in [0.717, 1.165) is 23.4 Å². The van der Waals surface area contributed by atoms with Crippen molar-refractivity contribution in [3.63, 3.8) is 0 Å². The highest BCUT2D eigenvalue weighted by molar-refractivity contribution is 7.99. The SMILES string of the molecule is CC1CSCCN1c1nc2ccccc2cc1CN. The summed E-state index contributed by atoms with van der Waals surface area (Å²) in [6, 6.07) is 11.0. The summed E-state index contributed by atoms with van der Waals surface area (Å²) in [6.45, 7) is 3.87. The molecule has 0 amide bonds. The highest BCUT2D eigenvalue weighted by atomic mass is 32.2. The summed E-state index contributed by atoms with van der Waals surface area (Å²) in [7, 11) is 0. The Hall–Kier alpha value is -1.26. The molecule has 2 N–H and O–H groups in total. The van der Waals surface area contributed by atoms with Crippen LogP contribution < -0.4 is 10.6 Å². The molecule has 4 heteroatoms. The lowest BCUT2D eigenvalue weighted by Crippen LogP contribution is -2.41. The van der Waals surface area contributed by atoms with Crippen LogP contribution in [0.4, 0.5) is 5.82 Å². The smallest absolute Gasteiger partial charge is 0.134 e. The van der Waals surface area contributed by atoms with Crippen molar-refractivity contribution in [3.8, 4) is 0 Å². The number of anilines is 1. The standard InChI is InChI=1S/C15H19N3S/c1-11-10-19-7-6-18(11)15-13(9-16)8-12-4-2-3-5-14(12)17-15/h2-5,8,11H,6-7,9-10,16H2,1H3. The number of pyridine rings is 1. The van der Waals surface area contributed by atoms with Gasteiger partial charge in [-0.05, 0) is 19.1 Å². The summed E-state index contributed by atoms with van der Waals surface area (Å²) in [6.07, 6.45) is 0. The van der Waals surface area contributed by atoms with Crippen LogP contribution >= 0.6 is 11.8 Å². The first kappa shape index (κ1) is 12.8. The third-order valence-electron chi connectivity index (χ3n) is 3.64. The van der Waals surface area contributed by atoms with E-state index in [-0.39, 0.29) is 0 Å². The van der Waals surface area contributed by atoms with Crippen molar-refractivity contribution in [1.82, 2.24) is 4.98 Å². The summed E-state index contributed by atoms with van der Waals surface area (Å²) in [5, 5.41) is 1.17. The van der Waals surface area contributed by atoms with Gasteiger partial charge in [0.25, 0.3) is 0 Å². The summed E-state index contributed by atoms with van der Waals surface area (Å²) < 4.78 is 0. The van der Waals surface area contributed by atoms with E-state index in [9.17, 15) is 0 Å². The van der Waals surface area contributed by atoms with E-state index in [4.69, 9.17) is 10.7 Å². The van der Waals surface area contributed by atoms with Gasteiger partial charge in [0, 0.05) is 41.6 Å². The quantitative estimate of drug-likeness (QED) is 0.913. The van der Waals surface area contributed by atoms with Gasteiger partial charge in [0.1, 0.15) is 5.82 Å². The number of rotatable bonds is 2. The first-order valence-electron chi connectivity index (χ1n) is 6.72. The summed E-state index contributed by atoms with van der Waals surface area (Å²) in [5.74, 6) is 3.41. The highest BCUT2D eigenvalue weighted by Crippen LogP contribution is 2.28. The number of benzene rings is 1. The number of fused-ring (bicyclic) bond motifs is 1. The molecular formula is C15H19N3S. The molecule has 1 aromatic heterocycles. The van der Waals surface area contributed by atoms with Crippen molar-refractivity contribution in [1.29, 1.82) is 0 Å². The molecule has 1 aliphatic heterocycles. The largest absolute Gasteiger partial charge is 0.352 e. The minimum atomic E-state index is 0.526. The van der Waals surface area contributed by atoms with Crippen LogP contribution in [-0.4, -0.2) is 29.1 Å². The van der Waals surface area contributed by atoms with Gasteiger partial charge in [0.05, 0.1) is 5.52 Å². The maximum Gasteiger partial charge on any atom is 0.134 e. The molecule has 2 aromatic rings. The summed E-state index contributed by atoms with van der Waals surface area (Å²) >= 11 is 2.02. The molecule has 1 unspecified atom stereocenters. The van der Waals surface area contributed by atoms with Gasteiger partial charge in [0.15, 0.2) is 0 Å². The second-order valence-corrected chi connectivity index (χ2v) is 6.14. The average molecular weight is 273 g/mol. The number of thioether (sulfide) groups is 1. The first-order chi connectivity index (χ1) is 9.29. The molecule has 0 saturated carbocycles. The average Bonchev–Trinajstić information content (AvgIpc) is 2.46. The fourth-order valence-electron chi connectivity index (χ4n) is 2.59. The van der Waals surface area contributed by atoms with Crippen LogP contribution in [-0.2, 0) is 6.54 Å². The third kappa shape index (κ3) is 2.42. The van der Waals surface area contributed by atoms with Crippen LogP contribution in [0.1, 0.15) is 12.5 Å². The van der Waals surface area contributed by atoms with Gasteiger partial charge in [0.2, 0.25) is 0 Å². The Kier molecular flexibility index (Phi) is 3.62. The van der Waals surface area contributed by atoms with Crippen LogP contribution in [0, 0.1) is 0 Å². The number of hydrogen-bond acceptors (Lipinski definition) is 4. The van der Waals surface area contributed by atoms with Gasteiger partial charge in [-0.3, -0.25) is 0 Å². The lowest BCUT2D eigenvalue weighted by molar-refractivity contribution is 0.686. The fourth-order valence-corrected chi connectivity index (χ4v) is 3.60. The van der Waals surface area contributed by atoms with Crippen LogP contribution in [0.25, 0.3) is 10.9 Å². The fraction of sp³-hybridized carbons (Fsp3) is 0.400. The van der Waals surface area contributed by atoms with Crippen molar-refractivity contribution < 1.29 is 0 Å². The number of nitrogens with zero attached hydrogens (tertiary/aromatic N) is 2. The highest BCUT2D eigenvalue weighted by Gasteiger charge is 2.22. The first-order valence-corrected chi connectivity index (χ1v) is 7.88. The van der Waals surface area contributed by atoms with Crippen molar-refractivity contribution in [3.05, 3.63) is 35.9 Å². The number of nitrogens with two attached hydrogens (primary N) is 1. The van der Waals surface area contributed by atoms with Gasteiger partial charge in [-0.2, -0.15) is 11.8 Å². The molecule has 2 heterocycles. The predicted molar refractivity (Wildman–Crippen MR) is 83.8 cm³/mol. The van der Waals surface area contributed by atoms with Crippen LogP contribution in [0.5, 0.6) is 0 Å². The molecule has 3 rings (SSSR count). The number of aromatic nitrogens is 1. The zero-order valence-electron chi connectivity index (χ0n) is 11.2. The maximum atomic E-state index is 5.92. The van der Waals surface area contributed by atoms with E-state index in [0.29, 0.717) is 12.6 Å². The Morgan fingerprint density at radius 3 is 3.05 bits per heavy atom. The lowest BCUT2D eigenvalue weighted by atomic mass is 10.1. The van der Waals surface area contributed by atoms with Crippen molar-refractivity contribution >= 4 is 28.5 Å². The Bertz CT molecular complexity index is 585. The Balaban J connectivity index is 2.10. The summed E-state index contributed by atoms with van der Waals surface area (Å²) in [5.41, 5.74) is 8.13. The van der Waals surface area contributed by atoms with E-state index in [1.54, 1.807) is 0 Å². The monoisotopic (exact) mass is 273 g/mol. The minimum Gasteiger partial charge on any atom is -0.352 e. The van der Waals surface area contributed by atoms with E-state index < -0.39 is 0 Å². The molecule has 1 atom stereocenters. The number of hydrogen-bond donors (Lipinski definition) is 1. The molecule has 1 fully saturated rings. The Morgan fingerprint density at radius 2 is 2.26 bits per heavy atom. The van der Waals surface area contributed by atoms with Gasteiger partial charge < -0.3 is 10.6 Å². The summed E-state index contributed by atoms with van der Waals surface area (Å²) in [4.78, 5) is 7.26. The van der Waals surface area contributed by atoms with Gasteiger partial charge >= 0.3 is 0 Å². The second-order valence-electron chi connectivity index (χ2n) is 4.99. The van der Waals surface area contributed by atoms with Gasteiger partial charge in [-0.25, -0.2) is 4.98 Å². The molecule has 0 bridgehead atoms. The van der Waals surface area contributed by atoms with E-state index in [1.807, 2.05) is 23.9 Å². The predicted octanol–water partition coefficient (Wildman–Crippen LogP) is 2.64. The van der Waals surface area contributed by atoms with Gasteiger partial charge in [-0.1, -0.05) is 18.2 Å². The molecule has 0 radical (unpaired) electrons. The Labute approximate surface area is 118 Å². The van der Waals surface area contributed by atoms with E-state index >= 15 is 0 Å². The van der Waals surface area contributed by atoms with E-state index in [2.05, 4.69) is 30.0 Å². The lowest BCUT2D eigenvalue weighted by Gasteiger charge is -2.35. The molecular weight excluding hydrogens is 254 g/mol. The van der Waals surface area contributed by atoms with E-state index in [1.165, 1.54) is 16.9 Å². The molecule has 1 aromatic carbocycles. The topological polar surface area (TPSA) is 42.2 Å². The van der Waals surface area contributed by atoms with Crippen molar-refractivity contribution in [2.24, 2.45) is 5.73 Å². The molecule has 0 aliphatic carbocycles. The van der Waals surface area contributed by atoms with Crippen LogP contribution in [0.3, 0.4) is 0 Å². The Morgan fingerprint density at radius 1 is 1.42 bits per heavy atom. The van der Waals surface area contributed by atoms with Crippen molar-refractivity contribution in [2.75, 3.05) is 23.0 Å². The van der Waals surface area contributed by atoms with Crippen LogP contribution in [0.15, 0.2) is 30.3 Å². The maximum absolute atomic E-state index is 5.92. The normalized spacial score (nSPS) is 19.9. The third-order valence-corrected chi connectivity index (χ3v) is 4.83. The van der Waals surface area contributed by atoms with Crippen LogP contribution in [0.2, 0.25) is 0 Å². The second kappa shape index (κ2) is 5.39. The molecule has 19 heavy (non-hydrogen) atoms. The zero-order chi connectivity index (χ0) is 13.2. The minimum absolute atomic E-state index is 0.526. The number of para-hydroxylation sites is 1. The van der Waals surface area contributed by atoms with Gasteiger partial charge in [-0.15, -0.1) is 0 Å².